The lowest BCUT2D eigenvalue weighted by molar-refractivity contribution is 0.0737. The molecule has 0 aromatic heterocycles. The molecule has 0 saturated heterocycles. The summed E-state index contributed by atoms with van der Waals surface area (Å²) in [4.78, 5) is 14.8. The van der Waals surface area contributed by atoms with Crippen molar-refractivity contribution in [2.24, 2.45) is 0 Å². The molecule has 146 valence electrons. The van der Waals surface area contributed by atoms with Crippen LogP contribution in [0, 0.1) is 0 Å². The van der Waals surface area contributed by atoms with Gasteiger partial charge in [0.15, 0.2) is 0 Å². The molecule has 27 heavy (non-hydrogen) atoms. The number of rotatable bonds is 9. The van der Waals surface area contributed by atoms with Gasteiger partial charge in [-0.2, -0.15) is 8.42 Å². The molecule has 0 aliphatic rings. The second kappa shape index (κ2) is 9.41. The first kappa shape index (κ1) is 20.8. The smallest absolute Gasteiger partial charge is 0.306 e. The summed E-state index contributed by atoms with van der Waals surface area (Å²) in [5.74, 6) is 0.690. The summed E-state index contributed by atoms with van der Waals surface area (Å²) < 4.78 is 32.6. The molecule has 0 aliphatic heterocycles. The lowest BCUT2D eigenvalue weighted by atomic mass is 10.1. The van der Waals surface area contributed by atoms with E-state index in [1.165, 1.54) is 0 Å². The van der Waals surface area contributed by atoms with Crippen LogP contribution in [0.3, 0.4) is 0 Å². The Bertz CT molecular complexity index is 862. The number of carbonyl (C=O) groups excluding carboxylic acids is 1. The van der Waals surface area contributed by atoms with Gasteiger partial charge in [-0.05, 0) is 36.2 Å². The minimum absolute atomic E-state index is 0.0997. The minimum atomic E-state index is -3.56. The lowest BCUT2D eigenvalue weighted by Crippen LogP contribution is -2.31. The Morgan fingerprint density at radius 3 is 2.33 bits per heavy atom. The molecule has 0 atom stereocenters. The molecule has 7 heteroatoms. The van der Waals surface area contributed by atoms with Crippen molar-refractivity contribution in [3.63, 3.8) is 0 Å². The van der Waals surface area contributed by atoms with Gasteiger partial charge >= 0.3 is 10.1 Å². The van der Waals surface area contributed by atoms with Gasteiger partial charge in [0.25, 0.3) is 5.91 Å². The summed E-state index contributed by atoms with van der Waals surface area (Å²) in [6.45, 7) is 3.11. The van der Waals surface area contributed by atoms with E-state index in [1.54, 1.807) is 48.4 Å². The monoisotopic (exact) mass is 391 g/mol. The molecule has 1 amide bonds. The first-order valence-corrected chi connectivity index (χ1v) is 10.6. The Labute approximate surface area is 160 Å². The van der Waals surface area contributed by atoms with Crippen LogP contribution in [-0.4, -0.2) is 39.1 Å². The van der Waals surface area contributed by atoms with Crippen LogP contribution >= 0.6 is 0 Å². The standard InChI is InChI=1S/C20H25NO5S/c1-4-5-14-21(20(22)18-8-6-7-9-19(18)25-2)15-16-10-12-17(13-11-16)26-27(3,23)24/h6-13H,4-5,14-15H2,1-3H3. The minimum Gasteiger partial charge on any atom is -0.496 e. The third-order valence-electron chi connectivity index (χ3n) is 3.95. The molecule has 2 aromatic carbocycles. The molecule has 0 N–H and O–H groups in total. The van der Waals surface area contributed by atoms with Crippen LogP contribution in [0.15, 0.2) is 48.5 Å². The van der Waals surface area contributed by atoms with Gasteiger partial charge < -0.3 is 13.8 Å². The molecule has 0 radical (unpaired) electrons. The normalized spacial score (nSPS) is 11.1. The maximum Gasteiger partial charge on any atom is 0.306 e. The van der Waals surface area contributed by atoms with Crippen LogP contribution in [0.5, 0.6) is 11.5 Å². The summed E-state index contributed by atoms with van der Waals surface area (Å²) >= 11 is 0. The van der Waals surface area contributed by atoms with E-state index in [0.29, 0.717) is 24.4 Å². The molecule has 0 saturated carbocycles. The largest absolute Gasteiger partial charge is 0.496 e. The Morgan fingerprint density at radius 1 is 1.07 bits per heavy atom. The highest BCUT2D eigenvalue weighted by Crippen LogP contribution is 2.22. The van der Waals surface area contributed by atoms with Gasteiger partial charge in [-0.15, -0.1) is 0 Å². The number of benzene rings is 2. The van der Waals surface area contributed by atoms with E-state index < -0.39 is 10.1 Å². The Balaban J connectivity index is 2.20. The zero-order valence-corrected chi connectivity index (χ0v) is 16.7. The van der Waals surface area contributed by atoms with E-state index in [1.807, 2.05) is 12.1 Å². The number of hydrogen-bond donors (Lipinski definition) is 0. The number of unbranched alkanes of at least 4 members (excludes halogenated alkanes) is 1. The third kappa shape index (κ3) is 6.29. The number of carbonyl (C=O) groups is 1. The van der Waals surface area contributed by atoms with Crippen molar-refractivity contribution in [1.82, 2.24) is 4.90 Å². The quantitative estimate of drug-likeness (QED) is 0.612. The molecule has 0 unspecified atom stereocenters. The van der Waals surface area contributed by atoms with Crippen molar-refractivity contribution in [1.29, 1.82) is 0 Å². The zero-order chi connectivity index (χ0) is 19.9. The summed E-state index contributed by atoms with van der Waals surface area (Å²) in [5, 5.41) is 0. The van der Waals surface area contributed by atoms with Crippen molar-refractivity contribution in [3.8, 4) is 11.5 Å². The maximum absolute atomic E-state index is 13.0. The third-order valence-corrected chi connectivity index (χ3v) is 4.45. The molecule has 0 bridgehead atoms. The Kier molecular flexibility index (Phi) is 7.24. The molecule has 0 fully saturated rings. The molecular weight excluding hydrogens is 366 g/mol. The zero-order valence-electron chi connectivity index (χ0n) is 15.8. The second-order valence-corrected chi connectivity index (χ2v) is 7.79. The van der Waals surface area contributed by atoms with Gasteiger partial charge in [-0.3, -0.25) is 4.79 Å². The highest BCUT2D eigenvalue weighted by molar-refractivity contribution is 7.86. The van der Waals surface area contributed by atoms with E-state index in [4.69, 9.17) is 8.92 Å². The van der Waals surface area contributed by atoms with Crippen LogP contribution in [0.25, 0.3) is 0 Å². The molecular formula is C20H25NO5S. The molecule has 0 spiro atoms. The van der Waals surface area contributed by atoms with Crippen LogP contribution in [0.1, 0.15) is 35.7 Å². The predicted octanol–water partition coefficient (Wildman–Crippen LogP) is 3.48. The maximum atomic E-state index is 13.0. The summed E-state index contributed by atoms with van der Waals surface area (Å²) in [5.41, 5.74) is 1.41. The average Bonchev–Trinajstić information content (AvgIpc) is 2.64. The van der Waals surface area contributed by atoms with Gasteiger partial charge in [-0.25, -0.2) is 0 Å². The molecule has 6 nitrogen and oxygen atoms in total. The van der Waals surface area contributed by atoms with Gasteiger partial charge in [0.1, 0.15) is 11.5 Å². The van der Waals surface area contributed by atoms with Crippen LogP contribution in [0.4, 0.5) is 0 Å². The summed E-state index contributed by atoms with van der Waals surface area (Å²) in [6.07, 6.45) is 2.85. The van der Waals surface area contributed by atoms with Crippen LogP contribution in [-0.2, 0) is 16.7 Å². The second-order valence-electron chi connectivity index (χ2n) is 6.21. The van der Waals surface area contributed by atoms with Gasteiger partial charge in [0.05, 0.1) is 18.9 Å². The molecule has 0 aliphatic carbocycles. The number of amides is 1. The number of nitrogens with zero attached hydrogens (tertiary/aromatic N) is 1. The number of hydrogen-bond acceptors (Lipinski definition) is 5. The fourth-order valence-corrected chi connectivity index (χ4v) is 3.10. The Hall–Kier alpha value is -2.54. The number of ether oxygens (including phenoxy) is 1. The Morgan fingerprint density at radius 2 is 1.74 bits per heavy atom. The van der Waals surface area contributed by atoms with Gasteiger partial charge in [0, 0.05) is 13.1 Å². The molecule has 2 rings (SSSR count). The highest BCUT2D eigenvalue weighted by Gasteiger charge is 2.19. The van der Waals surface area contributed by atoms with Crippen molar-refractivity contribution < 1.29 is 22.1 Å². The SMILES string of the molecule is CCCCN(Cc1ccc(OS(C)(=O)=O)cc1)C(=O)c1ccccc1OC. The van der Waals surface area contributed by atoms with Crippen molar-refractivity contribution in [3.05, 3.63) is 59.7 Å². The van der Waals surface area contributed by atoms with E-state index in [-0.39, 0.29) is 11.7 Å². The van der Waals surface area contributed by atoms with E-state index in [0.717, 1.165) is 24.7 Å². The van der Waals surface area contributed by atoms with Crippen LogP contribution < -0.4 is 8.92 Å². The predicted molar refractivity (Wildman–Crippen MR) is 105 cm³/mol. The van der Waals surface area contributed by atoms with Crippen molar-refractivity contribution >= 4 is 16.0 Å². The lowest BCUT2D eigenvalue weighted by Gasteiger charge is -2.24. The summed E-state index contributed by atoms with van der Waals surface area (Å²) in [6, 6.07) is 13.8. The molecule has 2 aromatic rings. The van der Waals surface area contributed by atoms with E-state index in [9.17, 15) is 13.2 Å². The number of methoxy groups -OCH3 is 1. The summed E-state index contributed by atoms with van der Waals surface area (Å²) in [7, 11) is -2.02. The van der Waals surface area contributed by atoms with Crippen LogP contribution in [0.2, 0.25) is 0 Å². The van der Waals surface area contributed by atoms with Gasteiger partial charge in [0.2, 0.25) is 0 Å². The van der Waals surface area contributed by atoms with Crippen molar-refractivity contribution in [2.45, 2.75) is 26.3 Å². The van der Waals surface area contributed by atoms with Crippen molar-refractivity contribution in [2.75, 3.05) is 19.9 Å². The fraction of sp³-hybridized carbons (Fsp3) is 0.350. The van der Waals surface area contributed by atoms with E-state index in [2.05, 4.69) is 6.92 Å². The average molecular weight is 391 g/mol. The first-order valence-electron chi connectivity index (χ1n) is 8.74. The van der Waals surface area contributed by atoms with Gasteiger partial charge in [-0.1, -0.05) is 37.6 Å². The highest BCUT2D eigenvalue weighted by atomic mass is 32.2. The topological polar surface area (TPSA) is 72.9 Å². The number of para-hydroxylation sites is 1. The first-order chi connectivity index (χ1) is 12.8. The fourth-order valence-electron chi connectivity index (χ4n) is 2.64. The molecule has 0 heterocycles. The van der Waals surface area contributed by atoms with E-state index >= 15 is 0 Å².